The maximum Gasteiger partial charge on any atom is 0.250 e. The average molecular weight is 305 g/mol. The minimum Gasteiger partial charge on any atom is -0.544 e. The fourth-order valence-electron chi connectivity index (χ4n) is 2.15. The minimum atomic E-state index is -1.83. The van der Waals surface area contributed by atoms with E-state index in [1.165, 1.54) is 0 Å². The highest BCUT2D eigenvalue weighted by molar-refractivity contribution is 6.74. The Bertz CT molecular complexity index is 498. The van der Waals surface area contributed by atoms with Crippen LogP contribution in [0, 0.1) is 0 Å². The molecule has 0 N–H and O–H groups in total. The van der Waals surface area contributed by atoms with Crippen LogP contribution >= 0.6 is 0 Å². The fraction of sp³-hybridized carbons (Fsp3) is 0.556. The van der Waals surface area contributed by atoms with E-state index in [1.54, 1.807) is 0 Å². The Labute approximate surface area is 130 Å². The van der Waals surface area contributed by atoms with E-state index in [-0.39, 0.29) is 5.04 Å². The lowest BCUT2D eigenvalue weighted by atomic mass is 10.1. The Kier molecular flexibility index (Phi) is 4.82. The summed E-state index contributed by atoms with van der Waals surface area (Å²) >= 11 is 0. The molecule has 0 fully saturated rings. The van der Waals surface area contributed by atoms with Gasteiger partial charge in [0.15, 0.2) is 5.76 Å². The first-order chi connectivity index (χ1) is 9.81. The molecule has 0 unspecified atom stereocenters. The molecule has 21 heavy (non-hydrogen) atoms. The number of rotatable bonds is 3. The third-order valence-corrected chi connectivity index (χ3v) is 8.89. The van der Waals surface area contributed by atoms with Gasteiger partial charge in [0.05, 0.1) is 6.61 Å². The first-order valence-corrected chi connectivity index (χ1v) is 10.8. The molecule has 0 bridgehead atoms. The summed E-state index contributed by atoms with van der Waals surface area (Å²) in [7, 11) is -1.83. The molecule has 2 rings (SSSR count). The highest BCUT2D eigenvalue weighted by Gasteiger charge is 2.40. The molecular weight excluding hydrogens is 276 g/mol. The van der Waals surface area contributed by atoms with Crippen LogP contribution < -0.4 is 0 Å². The summed E-state index contributed by atoms with van der Waals surface area (Å²) in [5, 5.41) is 0.202. The van der Waals surface area contributed by atoms with Gasteiger partial charge in [0.25, 0.3) is 0 Å². The van der Waals surface area contributed by atoms with Crippen molar-refractivity contribution < 1.29 is 9.16 Å². The van der Waals surface area contributed by atoms with Gasteiger partial charge in [-0.1, -0.05) is 51.1 Å². The lowest BCUT2D eigenvalue weighted by Gasteiger charge is -2.37. The molecule has 1 aromatic rings. The van der Waals surface area contributed by atoms with E-state index in [0.29, 0.717) is 0 Å². The van der Waals surface area contributed by atoms with Gasteiger partial charge in [-0.05, 0) is 31.0 Å². The van der Waals surface area contributed by atoms with Gasteiger partial charge in [0, 0.05) is 12.0 Å². The second kappa shape index (κ2) is 6.26. The topological polar surface area (TPSA) is 18.5 Å². The normalized spacial score (nSPS) is 17.2. The Hall–Kier alpha value is -1.22. The first-order valence-electron chi connectivity index (χ1n) is 7.92. The highest BCUT2D eigenvalue weighted by atomic mass is 28.4. The zero-order valence-corrected chi connectivity index (χ0v) is 15.0. The van der Waals surface area contributed by atoms with E-state index in [2.05, 4.69) is 58.1 Å². The van der Waals surface area contributed by atoms with E-state index in [4.69, 9.17) is 9.16 Å². The molecular formula is C18H28O2Si. The molecule has 1 aliphatic heterocycles. The predicted octanol–water partition coefficient (Wildman–Crippen LogP) is 5.58. The van der Waals surface area contributed by atoms with Crippen molar-refractivity contribution in [3.05, 3.63) is 41.7 Å². The average Bonchev–Trinajstić information content (AvgIpc) is 2.63. The van der Waals surface area contributed by atoms with Crippen LogP contribution in [0.2, 0.25) is 18.1 Å². The molecule has 0 spiro atoms. The number of hydrogen-bond donors (Lipinski definition) is 0. The number of ether oxygens (including phenoxy) is 1. The van der Waals surface area contributed by atoms with Crippen molar-refractivity contribution in [3.63, 3.8) is 0 Å². The molecule has 0 saturated carbocycles. The zero-order chi connectivity index (χ0) is 15.5. The van der Waals surface area contributed by atoms with Crippen LogP contribution in [0.15, 0.2) is 36.1 Å². The van der Waals surface area contributed by atoms with Crippen LogP contribution in [-0.4, -0.2) is 14.9 Å². The van der Waals surface area contributed by atoms with Crippen LogP contribution in [0.5, 0.6) is 0 Å². The van der Waals surface area contributed by atoms with Crippen molar-refractivity contribution in [2.45, 2.75) is 58.2 Å². The molecule has 3 heteroatoms. The zero-order valence-electron chi connectivity index (χ0n) is 14.0. The van der Waals surface area contributed by atoms with E-state index in [9.17, 15) is 0 Å². The highest BCUT2D eigenvalue weighted by Crippen LogP contribution is 2.40. The fourth-order valence-corrected chi connectivity index (χ4v) is 3.27. The lowest BCUT2D eigenvalue weighted by molar-refractivity contribution is 0.266. The molecule has 0 radical (unpaired) electrons. The van der Waals surface area contributed by atoms with Crippen molar-refractivity contribution in [1.82, 2.24) is 0 Å². The maximum absolute atomic E-state index is 6.58. The SMILES string of the molecule is CC(C)(C)[Si](C)(C)OC1=C(c2ccccc2)OCCCC1. The number of benzene rings is 1. The van der Waals surface area contributed by atoms with E-state index < -0.39 is 8.32 Å². The minimum absolute atomic E-state index is 0.202. The molecule has 0 saturated heterocycles. The van der Waals surface area contributed by atoms with Gasteiger partial charge in [0.2, 0.25) is 8.32 Å². The smallest absolute Gasteiger partial charge is 0.250 e. The Balaban J connectivity index is 2.37. The summed E-state index contributed by atoms with van der Waals surface area (Å²) in [4.78, 5) is 0. The number of allylic oxidation sites excluding steroid dienone is 1. The van der Waals surface area contributed by atoms with Gasteiger partial charge in [-0.3, -0.25) is 0 Å². The molecule has 1 heterocycles. The molecule has 116 valence electrons. The molecule has 0 amide bonds. The van der Waals surface area contributed by atoms with Crippen molar-refractivity contribution in [2.75, 3.05) is 6.61 Å². The molecule has 1 aromatic carbocycles. The molecule has 0 aliphatic carbocycles. The van der Waals surface area contributed by atoms with Gasteiger partial charge < -0.3 is 9.16 Å². The van der Waals surface area contributed by atoms with Gasteiger partial charge in [-0.25, -0.2) is 0 Å². The summed E-state index contributed by atoms with van der Waals surface area (Å²) < 4.78 is 12.6. The van der Waals surface area contributed by atoms with E-state index >= 15 is 0 Å². The van der Waals surface area contributed by atoms with Crippen LogP contribution in [0.25, 0.3) is 5.76 Å². The quantitative estimate of drug-likeness (QED) is 0.679. The maximum atomic E-state index is 6.58. The van der Waals surface area contributed by atoms with Crippen LogP contribution in [-0.2, 0) is 9.16 Å². The van der Waals surface area contributed by atoms with Crippen molar-refractivity contribution in [3.8, 4) is 0 Å². The van der Waals surface area contributed by atoms with Crippen LogP contribution in [0.1, 0.15) is 45.6 Å². The van der Waals surface area contributed by atoms with E-state index in [0.717, 1.165) is 43.0 Å². The lowest BCUT2D eigenvalue weighted by Crippen LogP contribution is -2.40. The van der Waals surface area contributed by atoms with Crippen molar-refractivity contribution in [1.29, 1.82) is 0 Å². The first kappa shape index (κ1) is 16.2. The summed E-state index contributed by atoms with van der Waals surface area (Å²) in [6.07, 6.45) is 3.22. The van der Waals surface area contributed by atoms with Crippen LogP contribution in [0.4, 0.5) is 0 Å². The van der Waals surface area contributed by atoms with Crippen molar-refractivity contribution >= 4 is 14.1 Å². The Morgan fingerprint density at radius 1 is 1.05 bits per heavy atom. The standard InChI is InChI=1S/C18H28O2Si/c1-18(2,3)21(4,5)20-16-13-9-10-14-19-17(16)15-11-7-6-8-12-15/h6-8,11-12H,9-10,13-14H2,1-5H3. The van der Waals surface area contributed by atoms with Gasteiger partial charge >= 0.3 is 0 Å². The summed E-state index contributed by atoms with van der Waals surface area (Å²) in [6, 6.07) is 10.4. The Morgan fingerprint density at radius 2 is 1.71 bits per heavy atom. The predicted molar refractivity (Wildman–Crippen MR) is 91.4 cm³/mol. The van der Waals surface area contributed by atoms with Gasteiger partial charge in [0.1, 0.15) is 5.76 Å². The van der Waals surface area contributed by atoms with Crippen LogP contribution in [0.3, 0.4) is 0 Å². The third-order valence-electron chi connectivity index (χ3n) is 4.52. The molecule has 1 aliphatic rings. The molecule has 0 atom stereocenters. The molecule has 0 aromatic heterocycles. The Morgan fingerprint density at radius 3 is 2.33 bits per heavy atom. The van der Waals surface area contributed by atoms with Crippen molar-refractivity contribution in [2.24, 2.45) is 0 Å². The summed E-state index contributed by atoms with van der Waals surface area (Å²) in [5.74, 6) is 2.02. The number of hydrogen-bond acceptors (Lipinski definition) is 2. The largest absolute Gasteiger partial charge is 0.544 e. The van der Waals surface area contributed by atoms with Gasteiger partial charge in [-0.2, -0.15) is 0 Å². The monoisotopic (exact) mass is 304 g/mol. The summed E-state index contributed by atoms with van der Waals surface area (Å²) in [6.45, 7) is 12.2. The second-order valence-electron chi connectivity index (χ2n) is 7.29. The molecule has 2 nitrogen and oxygen atoms in total. The van der Waals surface area contributed by atoms with Gasteiger partial charge in [-0.15, -0.1) is 0 Å². The van der Waals surface area contributed by atoms with E-state index in [1.807, 2.05) is 6.07 Å². The third kappa shape index (κ3) is 3.91. The second-order valence-corrected chi connectivity index (χ2v) is 12.0. The summed E-state index contributed by atoms with van der Waals surface area (Å²) in [5.41, 5.74) is 1.13.